The van der Waals surface area contributed by atoms with E-state index in [4.69, 9.17) is 14.2 Å². The number of rotatable bonds is 10. The fraction of sp³-hybridized carbons (Fsp3) is 0.424. The van der Waals surface area contributed by atoms with Gasteiger partial charge in [0.15, 0.2) is 11.5 Å². The molecule has 1 saturated heterocycles. The minimum atomic E-state index is -0.288. The number of benzene rings is 3. The molecule has 0 aliphatic carbocycles. The van der Waals surface area contributed by atoms with Crippen LogP contribution >= 0.6 is 0 Å². The molecule has 40 heavy (non-hydrogen) atoms. The van der Waals surface area contributed by atoms with Gasteiger partial charge in [-0.2, -0.15) is 0 Å². The largest absolute Gasteiger partial charge is 0.494 e. The minimum Gasteiger partial charge on any atom is -0.494 e. The topological polar surface area (TPSA) is 60.0 Å². The second kappa shape index (κ2) is 14.2. The average Bonchev–Trinajstić information content (AvgIpc) is 3.62. The number of carbonyl (C=O) groups excluding carboxylic acids is 1. The van der Waals surface area contributed by atoms with E-state index in [0.29, 0.717) is 36.8 Å². The number of aldehydes is 1. The Balaban J connectivity index is 0.000000259. The monoisotopic (exact) mass is 548 g/mol. The molecular formula is C33H41FN2O4. The predicted molar refractivity (Wildman–Crippen MR) is 157 cm³/mol. The van der Waals surface area contributed by atoms with Crippen molar-refractivity contribution in [3.8, 4) is 17.2 Å². The Kier molecular flexibility index (Phi) is 10.4. The molecule has 5 rings (SSSR count). The molecule has 214 valence electrons. The molecule has 2 aliphatic heterocycles. The number of halogens is 1. The fourth-order valence-electron chi connectivity index (χ4n) is 5.59. The molecule has 1 N–H and O–H groups in total. The van der Waals surface area contributed by atoms with Gasteiger partial charge in [-0.1, -0.05) is 51.1 Å². The lowest BCUT2D eigenvalue weighted by molar-refractivity contribution is -0.109. The van der Waals surface area contributed by atoms with E-state index < -0.39 is 0 Å². The highest BCUT2D eigenvalue weighted by Crippen LogP contribution is 2.44. The molecule has 0 spiro atoms. The lowest BCUT2D eigenvalue weighted by Crippen LogP contribution is -2.25. The van der Waals surface area contributed by atoms with Gasteiger partial charge in [0.2, 0.25) is 6.79 Å². The van der Waals surface area contributed by atoms with Crippen molar-refractivity contribution in [1.29, 1.82) is 0 Å². The van der Waals surface area contributed by atoms with Gasteiger partial charge in [0, 0.05) is 37.3 Å². The van der Waals surface area contributed by atoms with Crippen LogP contribution in [-0.2, 0) is 17.6 Å². The lowest BCUT2D eigenvalue weighted by Gasteiger charge is -2.22. The van der Waals surface area contributed by atoms with Crippen LogP contribution in [0.5, 0.6) is 17.2 Å². The summed E-state index contributed by atoms with van der Waals surface area (Å²) in [6.45, 7) is 8.20. The third-order valence-electron chi connectivity index (χ3n) is 7.63. The van der Waals surface area contributed by atoms with Gasteiger partial charge < -0.3 is 24.3 Å². The molecule has 7 heteroatoms. The van der Waals surface area contributed by atoms with Crippen LogP contribution in [0, 0.1) is 5.82 Å². The van der Waals surface area contributed by atoms with E-state index in [1.54, 1.807) is 6.07 Å². The second-order valence-electron chi connectivity index (χ2n) is 10.1. The summed E-state index contributed by atoms with van der Waals surface area (Å²) in [6.07, 6.45) is 4.80. The molecule has 2 atom stereocenters. The highest BCUT2D eigenvalue weighted by Gasteiger charge is 2.35. The summed E-state index contributed by atoms with van der Waals surface area (Å²) < 4.78 is 31.0. The average molecular weight is 549 g/mol. The van der Waals surface area contributed by atoms with E-state index in [-0.39, 0.29) is 24.6 Å². The standard InChI is InChI=1S/C22H24FNO4.C11H17N/c1-2-9-26-17-5-3-15(4-6-17)20-10-16(13-24(20)7-8-25)18-11-21-22(12-19(18)23)28-14-27-21;1-4-9-7-6-8-10(5-2)11(9)12-3/h3-6,8,11-12,16,20H,2,7,9-10,13-14H2,1H3;6-8,12H,4-5H2,1-3H3/t16-,20-;/m1./s1. The molecule has 0 unspecified atom stereocenters. The van der Waals surface area contributed by atoms with Crippen molar-refractivity contribution >= 4 is 12.0 Å². The molecule has 3 aromatic rings. The molecule has 0 amide bonds. The lowest BCUT2D eigenvalue weighted by atomic mass is 9.93. The molecule has 0 aromatic heterocycles. The maximum atomic E-state index is 14.7. The first-order valence-corrected chi connectivity index (χ1v) is 14.3. The van der Waals surface area contributed by atoms with Crippen LogP contribution in [0.3, 0.4) is 0 Å². The molecule has 6 nitrogen and oxygen atoms in total. The Morgan fingerprint density at radius 1 is 1.02 bits per heavy atom. The number of para-hydroxylation sites is 1. The van der Waals surface area contributed by atoms with E-state index in [2.05, 4.69) is 49.2 Å². The first-order chi connectivity index (χ1) is 19.5. The number of nitrogens with one attached hydrogen (secondary N) is 1. The van der Waals surface area contributed by atoms with Crippen molar-refractivity contribution in [1.82, 2.24) is 4.90 Å². The number of hydrogen-bond donors (Lipinski definition) is 1. The highest BCUT2D eigenvalue weighted by atomic mass is 19.1. The Labute approximate surface area is 237 Å². The Hall–Kier alpha value is -3.58. The van der Waals surface area contributed by atoms with Gasteiger partial charge in [-0.15, -0.1) is 0 Å². The smallest absolute Gasteiger partial charge is 0.231 e. The Morgan fingerprint density at radius 3 is 2.30 bits per heavy atom. The quantitative estimate of drug-likeness (QED) is 0.277. The molecule has 0 bridgehead atoms. The van der Waals surface area contributed by atoms with Crippen LogP contribution in [-0.4, -0.2) is 44.7 Å². The van der Waals surface area contributed by atoms with E-state index in [9.17, 15) is 9.18 Å². The van der Waals surface area contributed by atoms with Crippen LogP contribution in [0.2, 0.25) is 0 Å². The van der Waals surface area contributed by atoms with Gasteiger partial charge >= 0.3 is 0 Å². The maximum Gasteiger partial charge on any atom is 0.231 e. The third-order valence-corrected chi connectivity index (χ3v) is 7.63. The van der Waals surface area contributed by atoms with Crippen molar-refractivity contribution in [3.05, 3.63) is 82.7 Å². The fourth-order valence-corrected chi connectivity index (χ4v) is 5.59. The van der Waals surface area contributed by atoms with Crippen molar-refractivity contribution < 1.29 is 23.4 Å². The number of carbonyl (C=O) groups is 1. The molecule has 2 aliphatic rings. The second-order valence-corrected chi connectivity index (χ2v) is 10.1. The molecule has 1 fully saturated rings. The zero-order chi connectivity index (χ0) is 28.5. The van der Waals surface area contributed by atoms with Gasteiger partial charge in [-0.05, 0) is 66.1 Å². The number of likely N-dealkylation sites (tertiary alicyclic amines) is 1. The summed E-state index contributed by atoms with van der Waals surface area (Å²) in [5.41, 5.74) is 5.87. The number of nitrogens with zero attached hydrogens (tertiary/aromatic N) is 1. The van der Waals surface area contributed by atoms with Crippen molar-refractivity contribution in [2.45, 2.75) is 58.4 Å². The Bertz CT molecular complexity index is 1240. The predicted octanol–water partition coefficient (Wildman–Crippen LogP) is 6.93. The summed E-state index contributed by atoms with van der Waals surface area (Å²) in [5, 5.41) is 3.27. The van der Waals surface area contributed by atoms with Crippen LogP contribution in [0.15, 0.2) is 54.6 Å². The number of aryl methyl sites for hydroxylation is 2. The molecular weight excluding hydrogens is 507 g/mol. The van der Waals surface area contributed by atoms with Gasteiger partial charge in [0.25, 0.3) is 0 Å². The minimum absolute atomic E-state index is 0.0181. The summed E-state index contributed by atoms with van der Waals surface area (Å²) in [7, 11) is 1.99. The zero-order valence-corrected chi connectivity index (χ0v) is 24.0. The van der Waals surface area contributed by atoms with Crippen LogP contribution in [0.25, 0.3) is 0 Å². The number of anilines is 1. The molecule has 3 aromatic carbocycles. The van der Waals surface area contributed by atoms with E-state index in [1.165, 1.54) is 22.9 Å². The molecule has 0 radical (unpaired) electrons. The SMILES string of the molecule is CCCOc1ccc([C@H]2C[C@@H](c3cc4c(cc3F)OCO4)CN2CC=O)cc1.CCc1cccc(CC)c1NC. The summed E-state index contributed by atoms with van der Waals surface area (Å²) >= 11 is 0. The summed E-state index contributed by atoms with van der Waals surface area (Å²) in [6, 6.07) is 17.7. The van der Waals surface area contributed by atoms with Crippen LogP contribution in [0.1, 0.15) is 67.8 Å². The van der Waals surface area contributed by atoms with Crippen molar-refractivity contribution in [3.63, 3.8) is 0 Å². The van der Waals surface area contributed by atoms with E-state index >= 15 is 0 Å². The highest BCUT2D eigenvalue weighted by molar-refractivity contribution is 5.57. The zero-order valence-electron chi connectivity index (χ0n) is 24.0. The van der Waals surface area contributed by atoms with Crippen molar-refractivity contribution in [2.24, 2.45) is 0 Å². The third kappa shape index (κ3) is 6.76. The maximum absolute atomic E-state index is 14.7. The van der Waals surface area contributed by atoms with Gasteiger partial charge in [-0.25, -0.2) is 4.39 Å². The molecule has 2 heterocycles. The van der Waals surface area contributed by atoms with Crippen LogP contribution < -0.4 is 19.5 Å². The normalized spacial score (nSPS) is 17.7. The summed E-state index contributed by atoms with van der Waals surface area (Å²) in [5.74, 6) is 1.56. The first kappa shape index (κ1) is 29.4. The van der Waals surface area contributed by atoms with Gasteiger partial charge in [0.1, 0.15) is 17.9 Å². The first-order valence-electron chi connectivity index (χ1n) is 14.3. The number of fused-ring (bicyclic) bond motifs is 1. The van der Waals surface area contributed by atoms with E-state index in [1.807, 2.05) is 31.3 Å². The van der Waals surface area contributed by atoms with Gasteiger partial charge in [0.05, 0.1) is 13.2 Å². The number of ether oxygens (including phenoxy) is 3. The number of hydrogen-bond acceptors (Lipinski definition) is 6. The van der Waals surface area contributed by atoms with Gasteiger partial charge in [-0.3, -0.25) is 4.90 Å². The van der Waals surface area contributed by atoms with E-state index in [0.717, 1.165) is 43.3 Å². The summed E-state index contributed by atoms with van der Waals surface area (Å²) in [4.78, 5) is 13.3. The Morgan fingerprint density at radius 2 is 1.70 bits per heavy atom. The van der Waals surface area contributed by atoms with Crippen molar-refractivity contribution in [2.75, 3.05) is 38.9 Å². The molecule has 0 saturated carbocycles. The van der Waals surface area contributed by atoms with Crippen LogP contribution in [0.4, 0.5) is 10.1 Å².